The number of carbonyl (C=O) groups is 1. The zero-order valence-corrected chi connectivity index (χ0v) is 10.8. The molecule has 1 N–H and O–H groups in total. The van der Waals surface area contributed by atoms with Crippen LogP contribution in [0.5, 0.6) is 0 Å². The van der Waals surface area contributed by atoms with Gasteiger partial charge in [0.1, 0.15) is 18.4 Å². The van der Waals surface area contributed by atoms with E-state index in [0.717, 1.165) is 12.1 Å². The molecule has 0 unspecified atom stereocenters. The minimum absolute atomic E-state index is 0.298. The lowest BCUT2D eigenvalue weighted by Gasteiger charge is -2.08. The third-order valence-electron chi connectivity index (χ3n) is 2.00. The molecule has 0 radical (unpaired) electrons. The number of esters is 1. The molecule has 0 fully saturated rings. The Hall–Kier alpha value is -1.98. The first kappa shape index (κ1) is 15.1. The first-order valence-corrected chi connectivity index (χ1v) is 6.68. The van der Waals surface area contributed by atoms with Crippen molar-refractivity contribution in [2.45, 2.75) is 17.9 Å². The molecule has 0 spiro atoms. The number of nitrogens with zero attached hydrogens (tertiary/aromatic N) is 1. The first-order valence-electron chi connectivity index (χ1n) is 5.19. The van der Waals surface area contributed by atoms with Crippen LogP contribution >= 0.6 is 0 Å². The van der Waals surface area contributed by atoms with E-state index in [4.69, 9.17) is 5.26 Å². The van der Waals surface area contributed by atoms with Gasteiger partial charge in [-0.2, -0.15) is 9.98 Å². The molecule has 0 aliphatic carbocycles. The summed E-state index contributed by atoms with van der Waals surface area (Å²) in [7, 11) is -3.99. The molecule has 0 bridgehead atoms. The topological polar surface area (TPSA) is 96.3 Å². The molecule has 0 saturated heterocycles. The van der Waals surface area contributed by atoms with Crippen molar-refractivity contribution in [3.05, 3.63) is 30.1 Å². The van der Waals surface area contributed by atoms with Crippen molar-refractivity contribution < 1.29 is 22.3 Å². The molecule has 8 heteroatoms. The van der Waals surface area contributed by atoms with Crippen molar-refractivity contribution in [3.63, 3.8) is 0 Å². The fraction of sp³-hybridized carbons (Fsp3) is 0.273. The predicted molar refractivity (Wildman–Crippen MR) is 62.8 cm³/mol. The van der Waals surface area contributed by atoms with E-state index in [-0.39, 0.29) is 4.90 Å². The van der Waals surface area contributed by atoms with Crippen LogP contribution in [0.3, 0.4) is 0 Å². The van der Waals surface area contributed by atoms with Gasteiger partial charge in [-0.15, -0.1) is 0 Å². The molecule has 19 heavy (non-hydrogen) atoms. The average Bonchev–Trinajstić information content (AvgIpc) is 2.36. The SMILES string of the molecule is C[C@@H](C#N)OC(=O)CNS(=O)(=O)c1cccc(F)c1. The van der Waals surface area contributed by atoms with E-state index in [9.17, 15) is 17.6 Å². The van der Waals surface area contributed by atoms with Crippen molar-refractivity contribution in [1.29, 1.82) is 5.26 Å². The standard InChI is InChI=1S/C11H11FN2O4S/c1-8(6-13)18-11(15)7-14-19(16,17)10-4-2-3-9(12)5-10/h2-5,8,14H,7H2,1H3/t8-/m0/s1. The number of nitriles is 1. The van der Waals surface area contributed by atoms with Crippen LogP contribution in [0.1, 0.15) is 6.92 Å². The van der Waals surface area contributed by atoms with Crippen molar-refractivity contribution in [3.8, 4) is 6.07 Å². The fourth-order valence-corrected chi connectivity index (χ4v) is 2.14. The van der Waals surface area contributed by atoms with Gasteiger partial charge in [-0.25, -0.2) is 12.8 Å². The Kier molecular flexibility index (Phi) is 4.97. The molecule has 1 atom stereocenters. The minimum atomic E-state index is -3.99. The van der Waals surface area contributed by atoms with Crippen molar-refractivity contribution in [2.24, 2.45) is 0 Å². The highest BCUT2D eigenvalue weighted by Gasteiger charge is 2.17. The van der Waals surface area contributed by atoms with Gasteiger partial charge in [0.25, 0.3) is 0 Å². The zero-order chi connectivity index (χ0) is 14.5. The quantitative estimate of drug-likeness (QED) is 0.798. The van der Waals surface area contributed by atoms with Gasteiger partial charge in [-0.1, -0.05) is 6.07 Å². The largest absolute Gasteiger partial charge is 0.446 e. The van der Waals surface area contributed by atoms with Gasteiger partial charge in [-0.3, -0.25) is 4.79 Å². The monoisotopic (exact) mass is 286 g/mol. The smallest absolute Gasteiger partial charge is 0.322 e. The number of halogens is 1. The summed E-state index contributed by atoms with van der Waals surface area (Å²) in [5.74, 6) is -1.60. The number of benzene rings is 1. The molecule has 0 aliphatic heterocycles. The number of sulfonamides is 1. The maximum atomic E-state index is 12.9. The molecular formula is C11H11FN2O4S. The highest BCUT2D eigenvalue weighted by Crippen LogP contribution is 2.09. The number of hydrogen-bond donors (Lipinski definition) is 1. The van der Waals surface area contributed by atoms with Crippen molar-refractivity contribution in [2.75, 3.05) is 6.54 Å². The highest BCUT2D eigenvalue weighted by atomic mass is 32.2. The summed E-state index contributed by atoms with van der Waals surface area (Å²) in [5.41, 5.74) is 0. The number of rotatable bonds is 5. The van der Waals surface area contributed by atoms with Gasteiger partial charge in [0.05, 0.1) is 4.90 Å². The minimum Gasteiger partial charge on any atom is -0.446 e. The number of carbonyl (C=O) groups excluding carboxylic acids is 1. The summed E-state index contributed by atoms with van der Waals surface area (Å²) in [4.78, 5) is 10.9. The summed E-state index contributed by atoms with van der Waals surface area (Å²) in [5, 5.41) is 8.41. The lowest BCUT2D eigenvalue weighted by molar-refractivity contribution is -0.144. The van der Waals surface area contributed by atoms with Crippen LogP contribution in [0, 0.1) is 17.1 Å². The van der Waals surface area contributed by atoms with E-state index in [0.29, 0.717) is 0 Å². The molecule has 0 aliphatic rings. The van der Waals surface area contributed by atoms with E-state index in [2.05, 4.69) is 4.74 Å². The Morgan fingerprint density at radius 3 is 2.84 bits per heavy atom. The van der Waals surface area contributed by atoms with Crippen LogP contribution in [0.15, 0.2) is 29.2 Å². The Labute approximate surface area is 109 Å². The molecule has 102 valence electrons. The summed E-state index contributed by atoms with van der Waals surface area (Å²) in [6.07, 6.45) is -0.967. The second-order valence-corrected chi connectivity index (χ2v) is 5.31. The summed E-state index contributed by atoms with van der Waals surface area (Å²) in [6, 6.07) is 6.01. The molecule has 1 aromatic carbocycles. The first-order chi connectivity index (χ1) is 8.85. The van der Waals surface area contributed by atoms with Gasteiger partial charge >= 0.3 is 5.97 Å². The average molecular weight is 286 g/mol. The van der Waals surface area contributed by atoms with Crippen molar-refractivity contribution in [1.82, 2.24) is 4.72 Å². The van der Waals surface area contributed by atoms with Crippen molar-refractivity contribution >= 4 is 16.0 Å². The lowest BCUT2D eigenvalue weighted by atomic mass is 10.4. The summed E-state index contributed by atoms with van der Waals surface area (Å²) >= 11 is 0. The molecule has 0 amide bonds. The number of hydrogen-bond acceptors (Lipinski definition) is 5. The number of nitrogens with one attached hydrogen (secondary N) is 1. The van der Waals surface area contributed by atoms with E-state index in [1.165, 1.54) is 19.1 Å². The van der Waals surface area contributed by atoms with E-state index in [1.54, 1.807) is 6.07 Å². The van der Waals surface area contributed by atoms with Gasteiger partial charge in [0, 0.05) is 0 Å². The zero-order valence-electron chi connectivity index (χ0n) is 9.96. The third-order valence-corrected chi connectivity index (χ3v) is 3.40. The molecular weight excluding hydrogens is 275 g/mol. The summed E-state index contributed by atoms with van der Waals surface area (Å²) < 4.78 is 42.8. The second kappa shape index (κ2) is 6.26. The molecule has 1 rings (SSSR count). The number of ether oxygens (including phenoxy) is 1. The van der Waals surface area contributed by atoms with E-state index < -0.39 is 34.5 Å². The molecule has 0 heterocycles. The van der Waals surface area contributed by atoms with E-state index >= 15 is 0 Å². The maximum Gasteiger partial charge on any atom is 0.322 e. The third kappa shape index (κ3) is 4.65. The van der Waals surface area contributed by atoms with Gasteiger partial charge in [-0.05, 0) is 25.1 Å². The van der Waals surface area contributed by atoms with Crippen LogP contribution in [0.2, 0.25) is 0 Å². The Bertz CT molecular complexity index is 609. The van der Waals surface area contributed by atoms with Gasteiger partial charge in [0.2, 0.25) is 10.0 Å². The van der Waals surface area contributed by atoms with Crippen LogP contribution in [0.4, 0.5) is 4.39 Å². The Balaban J connectivity index is 2.67. The van der Waals surface area contributed by atoms with Crippen LogP contribution < -0.4 is 4.72 Å². The highest BCUT2D eigenvalue weighted by molar-refractivity contribution is 7.89. The normalized spacial score (nSPS) is 12.5. The fourth-order valence-electron chi connectivity index (χ4n) is 1.14. The molecule has 0 saturated carbocycles. The van der Waals surface area contributed by atoms with Gasteiger partial charge < -0.3 is 4.74 Å². The molecule has 0 aromatic heterocycles. The Morgan fingerprint density at radius 1 is 1.58 bits per heavy atom. The Morgan fingerprint density at radius 2 is 2.26 bits per heavy atom. The van der Waals surface area contributed by atoms with E-state index in [1.807, 2.05) is 4.72 Å². The molecule has 6 nitrogen and oxygen atoms in total. The lowest BCUT2D eigenvalue weighted by Crippen LogP contribution is -2.32. The maximum absolute atomic E-state index is 12.9. The second-order valence-electron chi connectivity index (χ2n) is 3.54. The van der Waals surface area contributed by atoms with Crippen LogP contribution in [-0.2, 0) is 19.6 Å². The molecule has 1 aromatic rings. The predicted octanol–water partition coefficient (Wildman–Crippen LogP) is 0.559. The van der Waals surface area contributed by atoms with Crippen LogP contribution in [-0.4, -0.2) is 27.0 Å². The van der Waals surface area contributed by atoms with Crippen LogP contribution in [0.25, 0.3) is 0 Å². The van der Waals surface area contributed by atoms with Gasteiger partial charge in [0.15, 0.2) is 6.10 Å². The summed E-state index contributed by atoms with van der Waals surface area (Å²) in [6.45, 7) is 0.712.